The first kappa shape index (κ1) is 20.4. The van der Waals surface area contributed by atoms with Crippen molar-refractivity contribution in [2.75, 3.05) is 5.75 Å². The summed E-state index contributed by atoms with van der Waals surface area (Å²) in [5.41, 5.74) is 1.22. The highest BCUT2D eigenvalue weighted by atomic mass is 32.2. The number of carbonyl (C=O) groups excluding carboxylic acids is 2. The van der Waals surface area contributed by atoms with Gasteiger partial charge in [-0.05, 0) is 6.07 Å². The summed E-state index contributed by atoms with van der Waals surface area (Å²) >= 11 is 5.77. The number of thiol groups is 1. The van der Waals surface area contributed by atoms with Crippen molar-refractivity contribution in [3.05, 3.63) is 66.0 Å². The summed E-state index contributed by atoms with van der Waals surface area (Å²) in [4.78, 5) is 43.1. The number of Topliss-reactive ketones (excluding diaryl/α,β-unsaturated/α-hetero) is 1. The lowest BCUT2D eigenvalue weighted by Gasteiger charge is -2.31. The highest BCUT2D eigenvalue weighted by Gasteiger charge is 2.45. The zero-order chi connectivity index (χ0) is 20.3. The van der Waals surface area contributed by atoms with Crippen LogP contribution >= 0.6 is 24.4 Å². The van der Waals surface area contributed by atoms with Gasteiger partial charge in [0.25, 0.3) is 0 Å². The summed E-state index contributed by atoms with van der Waals surface area (Å²) < 4.78 is 0. The fourth-order valence-corrected chi connectivity index (χ4v) is 4.80. The van der Waals surface area contributed by atoms with E-state index < -0.39 is 34.5 Å². The normalized spacial score (nSPS) is 21.1. The largest absolute Gasteiger partial charge is 0.480 e. The number of benzene rings is 1. The second-order valence-corrected chi connectivity index (χ2v) is 8.20. The number of amides is 1. The average Bonchev–Trinajstić information content (AvgIpc) is 3.18. The molecule has 1 aliphatic rings. The summed E-state index contributed by atoms with van der Waals surface area (Å²) in [6.45, 7) is 1.61. The van der Waals surface area contributed by atoms with Crippen molar-refractivity contribution < 1.29 is 19.5 Å². The minimum Gasteiger partial charge on any atom is -0.480 e. The van der Waals surface area contributed by atoms with E-state index in [2.05, 4.69) is 17.6 Å². The van der Waals surface area contributed by atoms with Crippen LogP contribution in [0.5, 0.6) is 0 Å². The first-order chi connectivity index (χ1) is 13.4. The molecule has 0 bridgehead atoms. The molecule has 2 heterocycles. The van der Waals surface area contributed by atoms with E-state index >= 15 is 0 Å². The van der Waals surface area contributed by atoms with Crippen molar-refractivity contribution in [2.24, 2.45) is 5.92 Å². The van der Waals surface area contributed by atoms with Crippen molar-refractivity contribution in [1.82, 2.24) is 9.88 Å². The summed E-state index contributed by atoms with van der Waals surface area (Å²) in [6, 6.07) is 11.2. The summed E-state index contributed by atoms with van der Waals surface area (Å²) in [5, 5.41) is 8.26. The Morgan fingerprint density at radius 2 is 1.93 bits per heavy atom. The van der Waals surface area contributed by atoms with E-state index in [4.69, 9.17) is 0 Å². The molecule has 0 spiro atoms. The van der Waals surface area contributed by atoms with Gasteiger partial charge >= 0.3 is 5.97 Å². The molecule has 2 aromatic rings. The van der Waals surface area contributed by atoms with Crippen molar-refractivity contribution >= 4 is 42.1 Å². The van der Waals surface area contributed by atoms with Gasteiger partial charge < -0.3 is 10.0 Å². The van der Waals surface area contributed by atoms with Gasteiger partial charge in [-0.3, -0.25) is 14.6 Å². The lowest BCUT2D eigenvalue weighted by Crippen LogP contribution is -2.47. The van der Waals surface area contributed by atoms with E-state index in [9.17, 15) is 19.5 Å². The van der Waals surface area contributed by atoms with Gasteiger partial charge in [-0.2, -0.15) is 12.6 Å². The zero-order valence-corrected chi connectivity index (χ0v) is 16.8. The van der Waals surface area contributed by atoms with Crippen LogP contribution in [0.3, 0.4) is 0 Å². The molecule has 3 rings (SSSR count). The Morgan fingerprint density at radius 3 is 2.54 bits per heavy atom. The monoisotopic (exact) mass is 416 g/mol. The number of hydrogen-bond donors (Lipinski definition) is 2. The lowest BCUT2D eigenvalue weighted by atomic mass is 9.97. The number of carboxylic acid groups (broad SMARTS) is 1. The molecule has 1 aliphatic heterocycles. The maximum atomic E-state index is 13.2. The number of aliphatic carboxylic acids is 1. The number of hydrogen-bond acceptors (Lipinski definition) is 6. The molecule has 1 saturated heterocycles. The minimum absolute atomic E-state index is 0.263. The number of ketones is 1. The molecule has 1 amide bonds. The predicted molar refractivity (Wildman–Crippen MR) is 110 cm³/mol. The second kappa shape index (κ2) is 8.79. The second-order valence-electron chi connectivity index (χ2n) is 6.54. The molecule has 3 unspecified atom stereocenters. The Balaban J connectivity index is 1.86. The van der Waals surface area contributed by atoms with E-state index in [1.54, 1.807) is 55.7 Å². The van der Waals surface area contributed by atoms with Gasteiger partial charge in [0.2, 0.25) is 5.91 Å². The fourth-order valence-electron chi connectivity index (χ4n) is 3.12. The van der Waals surface area contributed by atoms with Crippen LogP contribution in [0, 0.1) is 5.92 Å². The van der Waals surface area contributed by atoms with Gasteiger partial charge in [-0.15, -0.1) is 11.8 Å². The first-order valence-corrected chi connectivity index (χ1v) is 10.3. The van der Waals surface area contributed by atoms with Gasteiger partial charge in [-0.1, -0.05) is 43.3 Å². The van der Waals surface area contributed by atoms with Crippen LogP contribution < -0.4 is 0 Å². The van der Waals surface area contributed by atoms with Crippen molar-refractivity contribution in [2.45, 2.75) is 23.6 Å². The number of nitrogens with zero attached hydrogens (tertiary/aromatic N) is 2. The summed E-state index contributed by atoms with van der Waals surface area (Å²) in [7, 11) is 0. The van der Waals surface area contributed by atoms with Gasteiger partial charge in [0.05, 0.1) is 11.2 Å². The van der Waals surface area contributed by atoms with E-state index in [1.165, 1.54) is 16.7 Å². The Hall–Kier alpha value is -2.32. The number of aromatic nitrogens is 1. The van der Waals surface area contributed by atoms with E-state index in [-0.39, 0.29) is 11.5 Å². The molecule has 0 saturated carbocycles. The van der Waals surface area contributed by atoms with Crippen molar-refractivity contribution in [3.8, 4) is 0 Å². The van der Waals surface area contributed by atoms with Crippen LogP contribution in [0.2, 0.25) is 0 Å². The molecule has 1 fully saturated rings. The van der Waals surface area contributed by atoms with E-state index in [0.29, 0.717) is 5.56 Å². The molecule has 1 aromatic heterocycles. The van der Waals surface area contributed by atoms with Crippen molar-refractivity contribution in [1.29, 1.82) is 0 Å². The molecule has 6 nitrogen and oxygen atoms in total. The summed E-state index contributed by atoms with van der Waals surface area (Å²) in [6.07, 6.45) is 3.25. The van der Waals surface area contributed by atoms with Crippen LogP contribution in [0.1, 0.15) is 28.2 Å². The highest BCUT2D eigenvalue weighted by Crippen LogP contribution is 2.42. The Kier molecular flexibility index (Phi) is 6.41. The lowest BCUT2D eigenvalue weighted by molar-refractivity contribution is -0.150. The Labute approximate surface area is 172 Å². The molecule has 0 radical (unpaired) electrons. The third kappa shape index (κ3) is 4.07. The number of carboxylic acids is 1. The highest BCUT2D eigenvalue weighted by molar-refractivity contribution is 7.99. The molecular formula is C20H20N2O4S2. The predicted octanol–water partition coefficient (Wildman–Crippen LogP) is 2.93. The number of pyridine rings is 1. The van der Waals surface area contributed by atoms with Crippen molar-refractivity contribution in [3.63, 3.8) is 0 Å². The molecule has 1 N–H and O–H groups in total. The maximum absolute atomic E-state index is 13.2. The van der Waals surface area contributed by atoms with Crippen LogP contribution in [-0.4, -0.2) is 49.7 Å². The van der Waals surface area contributed by atoms with Crippen LogP contribution in [0.4, 0.5) is 0 Å². The van der Waals surface area contributed by atoms with Crippen LogP contribution in [-0.2, 0) is 9.59 Å². The van der Waals surface area contributed by atoms with Crippen LogP contribution in [0.25, 0.3) is 0 Å². The Morgan fingerprint density at radius 1 is 1.21 bits per heavy atom. The molecule has 4 atom stereocenters. The number of carbonyl (C=O) groups is 3. The molecule has 0 aliphatic carbocycles. The molecule has 8 heteroatoms. The van der Waals surface area contributed by atoms with Crippen LogP contribution in [0.15, 0.2) is 54.9 Å². The average molecular weight is 417 g/mol. The fraction of sp³-hybridized carbons (Fsp3) is 0.300. The first-order valence-electron chi connectivity index (χ1n) is 8.75. The molecule has 28 heavy (non-hydrogen) atoms. The standard InChI is InChI=1S/C20H20N2O4S2/c1-12(17(27)16(23)13-6-3-2-4-7-13)18(24)22-15(20(25)26)11-28-19(22)14-8-5-9-21-10-14/h2-10,12,15,17,19,27H,11H2,1H3,(H,25,26)/t12?,15-,17?,19?/m0/s1. The molecule has 146 valence electrons. The number of thioether (sulfide) groups is 1. The SMILES string of the molecule is CC(C(=O)N1C(c2cccnc2)SC[C@H]1C(=O)O)C(S)C(=O)c1ccccc1. The zero-order valence-electron chi connectivity index (χ0n) is 15.1. The maximum Gasteiger partial charge on any atom is 0.327 e. The topological polar surface area (TPSA) is 87.6 Å². The third-order valence-corrected chi connectivity index (χ3v) is 6.70. The Bertz CT molecular complexity index is 863. The quantitative estimate of drug-likeness (QED) is 0.556. The number of rotatable bonds is 6. The third-order valence-electron chi connectivity index (χ3n) is 4.70. The molecular weight excluding hydrogens is 396 g/mol. The van der Waals surface area contributed by atoms with E-state index in [0.717, 1.165) is 5.56 Å². The van der Waals surface area contributed by atoms with Gasteiger partial charge in [0.1, 0.15) is 11.4 Å². The van der Waals surface area contributed by atoms with Gasteiger partial charge in [0.15, 0.2) is 5.78 Å². The molecule has 1 aromatic carbocycles. The minimum atomic E-state index is -1.07. The summed E-state index contributed by atoms with van der Waals surface area (Å²) in [5.74, 6) is -2.24. The van der Waals surface area contributed by atoms with E-state index in [1.807, 2.05) is 6.07 Å². The van der Waals surface area contributed by atoms with Gasteiger partial charge in [0, 0.05) is 29.3 Å². The van der Waals surface area contributed by atoms with Gasteiger partial charge in [-0.25, -0.2) is 4.79 Å². The smallest absolute Gasteiger partial charge is 0.327 e.